The molecule has 0 radical (unpaired) electrons. The smallest absolute Gasteiger partial charge is 0.195 e. The Kier molecular flexibility index (Phi) is 2.63. The Balaban J connectivity index is 1.94. The minimum absolute atomic E-state index is 0.0775. The van der Waals surface area contributed by atoms with Crippen molar-refractivity contribution in [1.82, 2.24) is 0 Å². The number of ether oxygens (including phenoxy) is 2. The molecule has 1 aromatic carbocycles. The number of carbonyl (C=O) groups is 1. The van der Waals surface area contributed by atoms with Gasteiger partial charge >= 0.3 is 0 Å². The monoisotopic (exact) mass is 232 g/mol. The van der Waals surface area contributed by atoms with Crippen molar-refractivity contribution >= 4 is 5.78 Å². The molecule has 0 amide bonds. The van der Waals surface area contributed by atoms with E-state index in [2.05, 4.69) is 6.92 Å². The van der Waals surface area contributed by atoms with Crippen LogP contribution >= 0.6 is 0 Å². The summed E-state index contributed by atoms with van der Waals surface area (Å²) < 4.78 is 11.1. The normalized spacial score (nSPS) is 26.6. The molecule has 2 aliphatic rings. The van der Waals surface area contributed by atoms with E-state index in [1.165, 1.54) is 0 Å². The lowest BCUT2D eigenvalue weighted by molar-refractivity contribution is 0.0576. The summed E-state index contributed by atoms with van der Waals surface area (Å²) in [7, 11) is 0. The lowest BCUT2D eigenvalue weighted by atomic mass is 9.94. The minimum Gasteiger partial charge on any atom is -0.492 e. The molecule has 2 aliphatic heterocycles. The number of ketones is 1. The zero-order chi connectivity index (χ0) is 11.8. The van der Waals surface area contributed by atoms with Crippen LogP contribution in [0.4, 0.5) is 0 Å². The number of hydrogen-bond donors (Lipinski definition) is 0. The van der Waals surface area contributed by atoms with Gasteiger partial charge in [-0.3, -0.25) is 4.79 Å². The Morgan fingerprint density at radius 1 is 1.35 bits per heavy atom. The van der Waals surface area contributed by atoms with E-state index in [1.54, 1.807) is 0 Å². The molecular formula is C14H16O3. The molecule has 2 unspecified atom stereocenters. The van der Waals surface area contributed by atoms with Gasteiger partial charge in [-0.1, -0.05) is 19.1 Å². The van der Waals surface area contributed by atoms with Gasteiger partial charge in [0.05, 0.1) is 12.2 Å². The highest BCUT2D eigenvalue weighted by Crippen LogP contribution is 2.33. The van der Waals surface area contributed by atoms with Gasteiger partial charge < -0.3 is 9.47 Å². The molecule has 1 fully saturated rings. The van der Waals surface area contributed by atoms with E-state index in [9.17, 15) is 4.79 Å². The van der Waals surface area contributed by atoms with Gasteiger partial charge in [0.15, 0.2) is 5.78 Å². The van der Waals surface area contributed by atoms with Gasteiger partial charge in [0.2, 0.25) is 0 Å². The van der Waals surface area contributed by atoms with Crippen molar-refractivity contribution in [1.29, 1.82) is 0 Å². The molecule has 0 aliphatic carbocycles. The number of fused-ring (bicyclic) bond motifs is 1. The number of Topliss-reactive ketones (excluding diaryl/α,β-unsaturated/α-hetero) is 1. The molecule has 0 aromatic heterocycles. The third kappa shape index (κ3) is 1.75. The van der Waals surface area contributed by atoms with E-state index in [-0.39, 0.29) is 11.9 Å². The first-order valence-electron chi connectivity index (χ1n) is 6.18. The van der Waals surface area contributed by atoms with E-state index in [1.807, 2.05) is 18.2 Å². The summed E-state index contributed by atoms with van der Waals surface area (Å²) in [5.74, 6) is 1.16. The summed E-state index contributed by atoms with van der Waals surface area (Å²) in [5, 5.41) is 0. The first-order chi connectivity index (χ1) is 8.27. The van der Waals surface area contributed by atoms with Gasteiger partial charge in [-0.05, 0) is 24.0 Å². The standard InChI is InChI=1S/C14H16O3/c1-9-5-7-16-13(9)12(15)11-4-2-3-10-6-8-17-14(10)11/h2-4,9,13H,5-8H2,1H3. The summed E-state index contributed by atoms with van der Waals surface area (Å²) in [6.45, 7) is 3.44. The highest BCUT2D eigenvalue weighted by molar-refractivity contribution is 6.02. The zero-order valence-corrected chi connectivity index (χ0v) is 9.94. The lowest BCUT2D eigenvalue weighted by Crippen LogP contribution is -2.25. The average molecular weight is 232 g/mol. The second-order valence-corrected chi connectivity index (χ2v) is 4.81. The number of benzene rings is 1. The maximum atomic E-state index is 12.4. The van der Waals surface area contributed by atoms with Gasteiger partial charge in [-0.15, -0.1) is 0 Å². The first kappa shape index (κ1) is 10.8. The number of hydrogen-bond acceptors (Lipinski definition) is 3. The predicted octanol–water partition coefficient (Wildman–Crippen LogP) is 2.23. The summed E-state index contributed by atoms with van der Waals surface area (Å²) in [6, 6.07) is 5.80. The quantitative estimate of drug-likeness (QED) is 0.733. The Labute approximate surface area is 101 Å². The second-order valence-electron chi connectivity index (χ2n) is 4.81. The predicted molar refractivity (Wildman–Crippen MR) is 63.5 cm³/mol. The highest BCUT2D eigenvalue weighted by Gasteiger charge is 2.34. The van der Waals surface area contributed by atoms with Crippen LogP contribution in [-0.4, -0.2) is 25.1 Å². The molecule has 1 aromatic rings. The topological polar surface area (TPSA) is 35.5 Å². The van der Waals surface area contributed by atoms with Gasteiger partial charge in [0.1, 0.15) is 11.9 Å². The van der Waals surface area contributed by atoms with Crippen LogP contribution in [0.2, 0.25) is 0 Å². The maximum absolute atomic E-state index is 12.4. The average Bonchev–Trinajstić information content (AvgIpc) is 2.95. The molecule has 0 spiro atoms. The number of carbonyl (C=O) groups excluding carboxylic acids is 1. The van der Waals surface area contributed by atoms with Gasteiger partial charge in [-0.2, -0.15) is 0 Å². The van der Waals surface area contributed by atoms with Crippen molar-refractivity contribution in [3.8, 4) is 5.75 Å². The third-order valence-electron chi connectivity index (χ3n) is 3.63. The van der Waals surface area contributed by atoms with Crippen LogP contribution < -0.4 is 4.74 Å². The molecule has 0 N–H and O–H groups in total. The van der Waals surface area contributed by atoms with E-state index in [4.69, 9.17) is 9.47 Å². The van der Waals surface area contributed by atoms with Gasteiger partial charge in [-0.25, -0.2) is 0 Å². The zero-order valence-electron chi connectivity index (χ0n) is 9.94. The largest absolute Gasteiger partial charge is 0.492 e. The molecule has 0 saturated carbocycles. The van der Waals surface area contributed by atoms with E-state index in [0.29, 0.717) is 24.7 Å². The number of para-hydroxylation sites is 1. The first-order valence-corrected chi connectivity index (χ1v) is 6.18. The molecule has 2 heterocycles. The molecular weight excluding hydrogens is 216 g/mol. The summed E-state index contributed by atoms with van der Waals surface area (Å²) in [5.41, 5.74) is 1.83. The van der Waals surface area contributed by atoms with Crippen LogP contribution in [0.5, 0.6) is 5.75 Å². The van der Waals surface area contributed by atoms with E-state index in [0.717, 1.165) is 24.2 Å². The Morgan fingerprint density at radius 2 is 2.24 bits per heavy atom. The van der Waals surface area contributed by atoms with Crippen molar-refractivity contribution < 1.29 is 14.3 Å². The molecule has 90 valence electrons. The molecule has 3 rings (SSSR count). The Morgan fingerprint density at radius 3 is 3.00 bits per heavy atom. The van der Waals surface area contributed by atoms with E-state index < -0.39 is 0 Å². The van der Waals surface area contributed by atoms with Crippen LogP contribution in [0, 0.1) is 5.92 Å². The van der Waals surface area contributed by atoms with Crippen LogP contribution in [0.3, 0.4) is 0 Å². The summed E-state index contributed by atoms with van der Waals surface area (Å²) in [6.07, 6.45) is 1.58. The fraction of sp³-hybridized carbons (Fsp3) is 0.500. The fourth-order valence-corrected chi connectivity index (χ4v) is 2.59. The second kappa shape index (κ2) is 4.15. The molecule has 17 heavy (non-hydrogen) atoms. The molecule has 3 nitrogen and oxygen atoms in total. The minimum atomic E-state index is -0.286. The van der Waals surface area contributed by atoms with Crippen molar-refractivity contribution in [2.24, 2.45) is 5.92 Å². The van der Waals surface area contributed by atoms with Crippen LogP contribution in [-0.2, 0) is 11.2 Å². The van der Waals surface area contributed by atoms with E-state index >= 15 is 0 Å². The van der Waals surface area contributed by atoms with Crippen LogP contribution in [0.25, 0.3) is 0 Å². The van der Waals surface area contributed by atoms with Crippen molar-refractivity contribution in [2.45, 2.75) is 25.9 Å². The molecule has 3 heteroatoms. The molecule has 1 saturated heterocycles. The fourth-order valence-electron chi connectivity index (χ4n) is 2.59. The molecule has 0 bridgehead atoms. The third-order valence-corrected chi connectivity index (χ3v) is 3.63. The summed E-state index contributed by atoms with van der Waals surface area (Å²) >= 11 is 0. The van der Waals surface area contributed by atoms with Crippen molar-refractivity contribution in [3.63, 3.8) is 0 Å². The highest BCUT2D eigenvalue weighted by atomic mass is 16.5. The summed E-state index contributed by atoms with van der Waals surface area (Å²) in [4.78, 5) is 12.4. The Hall–Kier alpha value is -1.35. The van der Waals surface area contributed by atoms with Crippen LogP contribution in [0.1, 0.15) is 29.3 Å². The van der Waals surface area contributed by atoms with Crippen molar-refractivity contribution in [3.05, 3.63) is 29.3 Å². The SMILES string of the molecule is CC1CCOC1C(=O)c1cccc2c1OCC2. The number of rotatable bonds is 2. The van der Waals surface area contributed by atoms with Crippen LogP contribution in [0.15, 0.2) is 18.2 Å². The van der Waals surface area contributed by atoms with Gasteiger partial charge in [0, 0.05) is 13.0 Å². The molecule has 2 atom stereocenters. The van der Waals surface area contributed by atoms with Gasteiger partial charge in [0.25, 0.3) is 0 Å². The lowest BCUT2D eigenvalue weighted by Gasteiger charge is -2.15. The maximum Gasteiger partial charge on any atom is 0.195 e. The Bertz CT molecular complexity index is 453. The van der Waals surface area contributed by atoms with Crippen molar-refractivity contribution in [2.75, 3.05) is 13.2 Å².